The number of hydrogen-bond acceptors (Lipinski definition) is 5. The van der Waals surface area contributed by atoms with Crippen molar-refractivity contribution in [2.45, 2.75) is 72.3 Å². The van der Waals surface area contributed by atoms with E-state index in [0.29, 0.717) is 12.0 Å². The normalized spacial score (nSPS) is 18.9. The number of aromatic carboxylic acids is 1. The average Bonchev–Trinajstić information content (AvgIpc) is 2.59. The smallest absolute Gasteiger partial charge is 0.335 e. The highest BCUT2D eigenvalue weighted by Gasteiger charge is 2.35. The first kappa shape index (κ1) is 22.7. The Morgan fingerprint density at radius 2 is 1.83 bits per heavy atom. The van der Waals surface area contributed by atoms with Gasteiger partial charge in [0.15, 0.2) is 0 Å². The van der Waals surface area contributed by atoms with Gasteiger partial charge < -0.3 is 14.6 Å². The Kier molecular flexibility index (Phi) is 7.59. The third-order valence-corrected chi connectivity index (χ3v) is 5.31. The molecule has 0 spiro atoms. The van der Waals surface area contributed by atoms with Crippen molar-refractivity contribution in [1.29, 1.82) is 0 Å². The third-order valence-electron chi connectivity index (χ3n) is 5.31. The summed E-state index contributed by atoms with van der Waals surface area (Å²) in [6.07, 6.45) is 4.90. The van der Waals surface area contributed by atoms with E-state index >= 15 is 0 Å². The maximum Gasteiger partial charge on any atom is 0.335 e. The number of benzene rings is 1. The van der Waals surface area contributed by atoms with E-state index in [-0.39, 0.29) is 23.1 Å². The van der Waals surface area contributed by atoms with Gasteiger partial charge in [-0.05, 0) is 69.1 Å². The number of carbonyl (C=O) groups is 3. The zero-order valence-corrected chi connectivity index (χ0v) is 17.8. The van der Waals surface area contributed by atoms with Gasteiger partial charge in [-0.3, -0.25) is 9.59 Å². The fraction of sp³-hybridized carbons (Fsp3) is 0.522. The van der Waals surface area contributed by atoms with Crippen LogP contribution in [0.25, 0.3) is 0 Å². The zero-order chi connectivity index (χ0) is 21.7. The van der Waals surface area contributed by atoms with Gasteiger partial charge in [0.05, 0.1) is 5.56 Å². The first-order chi connectivity index (χ1) is 13.6. The first-order valence-corrected chi connectivity index (χ1v) is 10.00. The molecule has 1 aromatic carbocycles. The largest absolute Gasteiger partial charge is 0.478 e. The summed E-state index contributed by atoms with van der Waals surface area (Å²) >= 11 is 0. The highest BCUT2D eigenvalue weighted by molar-refractivity contribution is 5.89. The monoisotopic (exact) mass is 402 g/mol. The Bertz CT molecular complexity index is 819. The summed E-state index contributed by atoms with van der Waals surface area (Å²) < 4.78 is 10.8. The number of esters is 2. The van der Waals surface area contributed by atoms with E-state index in [1.807, 2.05) is 0 Å². The Balaban J connectivity index is 2.53. The van der Waals surface area contributed by atoms with Crippen molar-refractivity contribution in [2.24, 2.45) is 5.92 Å². The van der Waals surface area contributed by atoms with Gasteiger partial charge in [-0.25, -0.2) is 4.79 Å². The lowest BCUT2D eigenvalue weighted by atomic mass is 9.73. The lowest BCUT2D eigenvalue weighted by Gasteiger charge is -2.35. The van der Waals surface area contributed by atoms with Gasteiger partial charge in [0.25, 0.3) is 0 Å². The molecule has 0 saturated carbocycles. The van der Waals surface area contributed by atoms with E-state index in [2.05, 4.69) is 26.8 Å². The van der Waals surface area contributed by atoms with Gasteiger partial charge in [-0.1, -0.05) is 18.6 Å². The van der Waals surface area contributed by atoms with Crippen LogP contribution in [-0.2, 0) is 14.3 Å². The summed E-state index contributed by atoms with van der Waals surface area (Å²) in [4.78, 5) is 34.9. The number of allylic oxidation sites excluding steroid dienone is 2. The number of carboxylic acids is 1. The molecule has 0 radical (unpaired) electrons. The molecule has 6 heteroatoms. The predicted octanol–water partition coefficient (Wildman–Crippen LogP) is 5.17. The van der Waals surface area contributed by atoms with Gasteiger partial charge in [0.2, 0.25) is 0 Å². The molecule has 0 unspecified atom stereocenters. The molecular formula is C23H30O6. The van der Waals surface area contributed by atoms with Crippen LogP contribution in [-0.4, -0.2) is 23.0 Å². The molecule has 1 aromatic rings. The Morgan fingerprint density at radius 3 is 2.38 bits per heavy atom. The number of fused-ring (bicyclic) bond motifs is 1. The number of hydrogen-bond donors (Lipinski definition) is 1. The van der Waals surface area contributed by atoms with Crippen LogP contribution < -0.4 is 4.74 Å². The second-order valence-corrected chi connectivity index (χ2v) is 7.99. The molecule has 0 aromatic heterocycles. The van der Waals surface area contributed by atoms with Gasteiger partial charge >= 0.3 is 17.9 Å². The number of carboxylic acid groups (broad SMARTS) is 1. The van der Waals surface area contributed by atoms with E-state index in [1.54, 1.807) is 6.07 Å². The minimum Gasteiger partial charge on any atom is -0.478 e. The summed E-state index contributed by atoms with van der Waals surface area (Å²) in [5, 5.41) is 9.55. The molecule has 29 heavy (non-hydrogen) atoms. The quantitative estimate of drug-likeness (QED) is 0.384. The van der Waals surface area contributed by atoms with Crippen molar-refractivity contribution in [3.8, 4) is 5.75 Å². The number of ether oxygens (including phenoxy) is 2. The molecule has 0 fully saturated rings. The van der Waals surface area contributed by atoms with Crippen LogP contribution in [0.4, 0.5) is 0 Å². The van der Waals surface area contributed by atoms with Crippen molar-refractivity contribution in [1.82, 2.24) is 0 Å². The number of carbonyl (C=O) groups excluding carboxylic acids is 2. The van der Waals surface area contributed by atoms with E-state index in [0.717, 1.165) is 24.8 Å². The minimum atomic E-state index is -1.09. The molecule has 1 N–H and O–H groups in total. The fourth-order valence-electron chi connectivity index (χ4n) is 4.04. The molecule has 3 atom stereocenters. The van der Waals surface area contributed by atoms with Crippen molar-refractivity contribution in [3.63, 3.8) is 0 Å². The maximum absolute atomic E-state index is 11.7. The van der Waals surface area contributed by atoms with E-state index in [1.165, 1.54) is 25.5 Å². The molecule has 6 nitrogen and oxygen atoms in total. The van der Waals surface area contributed by atoms with Gasteiger partial charge in [-0.2, -0.15) is 0 Å². The third kappa shape index (κ3) is 5.92. The lowest BCUT2D eigenvalue weighted by molar-refractivity contribution is -0.147. The van der Waals surface area contributed by atoms with Gasteiger partial charge in [0, 0.05) is 19.4 Å². The summed E-state index contributed by atoms with van der Waals surface area (Å²) in [7, 11) is 0. The van der Waals surface area contributed by atoms with E-state index in [9.17, 15) is 19.5 Å². The van der Waals surface area contributed by atoms with E-state index in [4.69, 9.17) is 9.47 Å². The van der Waals surface area contributed by atoms with E-state index < -0.39 is 24.0 Å². The van der Waals surface area contributed by atoms with Crippen molar-refractivity contribution in [2.75, 3.05) is 0 Å². The summed E-state index contributed by atoms with van der Waals surface area (Å²) in [6.45, 7) is 8.88. The van der Waals surface area contributed by atoms with Crippen LogP contribution in [0.5, 0.6) is 5.75 Å². The Labute approximate surface area is 171 Å². The van der Waals surface area contributed by atoms with Gasteiger partial charge in [0.1, 0.15) is 11.9 Å². The summed E-state index contributed by atoms with van der Waals surface area (Å²) in [6, 6.07) is 2.98. The average molecular weight is 402 g/mol. The molecule has 0 saturated heterocycles. The molecule has 0 bridgehead atoms. The van der Waals surface area contributed by atoms with Crippen LogP contribution in [0.1, 0.15) is 93.8 Å². The molecule has 0 aliphatic heterocycles. The molecule has 1 aliphatic rings. The molecule has 158 valence electrons. The standard InChI is InChI=1S/C23H30O6/c1-13(2)7-6-8-14(3)18-9-10-20(28-15(4)24)22-19(18)11-17(23(26)27)12-21(22)29-16(5)25/h7,11-12,14,18,20H,6,8-10H2,1-5H3,(H,26,27)/t14-,18-,20+/m0/s1. The Morgan fingerprint density at radius 1 is 1.14 bits per heavy atom. The first-order valence-electron chi connectivity index (χ1n) is 10.00. The summed E-state index contributed by atoms with van der Waals surface area (Å²) in [5.41, 5.74) is 2.74. The highest BCUT2D eigenvalue weighted by atomic mass is 16.6. The molecule has 0 amide bonds. The lowest BCUT2D eigenvalue weighted by Crippen LogP contribution is -2.24. The van der Waals surface area contributed by atoms with Crippen molar-refractivity contribution in [3.05, 3.63) is 40.5 Å². The number of rotatable bonds is 7. The van der Waals surface area contributed by atoms with Crippen LogP contribution in [0, 0.1) is 5.92 Å². The Hall–Kier alpha value is -2.63. The minimum absolute atomic E-state index is 0.0602. The second kappa shape index (κ2) is 9.72. The molecule has 1 aliphatic carbocycles. The van der Waals surface area contributed by atoms with Gasteiger partial charge in [-0.15, -0.1) is 0 Å². The van der Waals surface area contributed by atoms with Crippen LogP contribution in [0.2, 0.25) is 0 Å². The highest BCUT2D eigenvalue weighted by Crippen LogP contribution is 2.48. The summed E-state index contributed by atoms with van der Waals surface area (Å²) in [5.74, 6) is -1.51. The molecular weight excluding hydrogens is 372 g/mol. The molecule has 2 rings (SSSR count). The van der Waals surface area contributed by atoms with Crippen LogP contribution >= 0.6 is 0 Å². The van der Waals surface area contributed by atoms with Crippen molar-refractivity contribution >= 4 is 17.9 Å². The zero-order valence-electron chi connectivity index (χ0n) is 17.8. The van der Waals surface area contributed by atoms with Crippen LogP contribution in [0.15, 0.2) is 23.8 Å². The van der Waals surface area contributed by atoms with Crippen molar-refractivity contribution < 1.29 is 29.0 Å². The SMILES string of the molecule is CC(=O)Oc1cc(C(=O)O)cc2c1[C@H](OC(C)=O)CC[C@H]2[C@@H](C)CCC=C(C)C. The second-order valence-electron chi connectivity index (χ2n) is 7.99. The topological polar surface area (TPSA) is 89.9 Å². The fourth-order valence-corrected chi connectivity index (χ4v) is 4.04. The van der Waals surface area contributed by atoms with Crippen LogP contribution in [0.3, 0.4) is 0 Å². The predicted molar refractivity (Wildman–Crippen MR) is 109 cm³/mol. The molecule has 0 heterocycles. The maximum atomic E-state index is 11.7.